The minimum absolute atomic E-state index is 0.0107. The summed E-state index contributed by atoms with van der Waals surface area (Å²) in [6, 6.07) is 0. The predicted octanol–water partition coefficient (Wildman–Crippen LogP) is 13.3. The second-order valence-corrected chi connectivity index (χ2v) is 12.7. The van der Waals surface area contributed by atoms with E-state index in [4.69, 9.17) is 9.84 Å². The first-order valence-electron chi connectivity index (χ1n) is 19.3. The maximum atomic E-state index is 12.6. The molecule has 0 aliphatic heterocycles. The molecule has 0 radical (unpaired) electrons. The largest absolute Gasteiger partial charge is 0.481 e. The van der Waals surface area contributed by atoms with Gasteiger partial charge in [-0.15, -0.1) is 0 Å². The van der Waals surface area contributed by atoms with Gasteiger partial charge in [-0.05, 0) is 83.5 Å². The lowest BCUT2D eigenvalue weighted by molar-refractivity contribution is -0.150. The second kappa shape index (κ2) is 37.1. The van der Waals surface area contributed by atoms with Crippen LogP contribution in [0.1, 0.15) is 187 Å². The van der Waals surface area contributed by atoms with Crippen molar-refractivity contribution in [1.82, 2.24) is 0 Å². The van der Waals surface area contributed by atoms with Crippen LogP contribution in [0.25, 0.3) is 0 Å². The molecule has 0 rings (SSSR count). The monoisotopic (exact) mass is 641 g/mol. The molecule has 0 aliphatic carbocycles. The maximum absolute atomic E-state index is 12.6. The third-order valence-electron chi connectivity index (χ3n) is 8.25. The zero-order valence-electron chi connectivity index (χ0n) is 30.1. The van der Waals surface area contributed by atoms with Crippen molar-refractivity contribution in [3.63, 3.8) is 0 Å². The average Bonchev–Trinajstić information content (AvgIpc) is 3.04. The lowest BCUT2D eigenvalue weighted by Crippen LogP contribution is -2.18. The van der Waals surface area contributed by atoms with Crippen LogP contribution in [-0.4, -0.2) is 23.1 Å². The van der Waals surface area contributed by atoms with Crippen LogP contribution in [0.15, 0.2) is 60.8 Å². The molecule has 4 heteroatoms. The Bertz CT molecular complexity index is 820. The highest BCUT2D eigenvalue weighted by Crippen LogP contribution is 2.18. The van der Waals surface area contributed by atoms with Crippen molar-refractivity contribution in [2.45, 2.75) is 193 Å². The smallest absolute Gasteiger partial charge is 0.306 e. The number of unbranched alkanes of at least 4 members (excludes halogenated alkanes) is 15. The summed E-state index contributed by atoms with van der Waals surface area (Å²) in [6.07, 6.45) is 51.0. The standard InChI is InChI=1S/C42H72O4/c1-3-5-7-9-11-12-13-14-15-16-17-18-19-20-21-22-23-24-25-31-35-39-42(45)46-40(36-32-28-10-8-6-4-2)37-33-29-26-27-30-34-38-41(43)44/h5,7,11-12,14-15,17-18,20-21,40H,3-4,6,8-10,13,16,19,22-39H2,1-2H3,(H,43,44)/b7-5-,12-11-,15-14-,18-17-,21-20-. The number of esters is 1. The number of carboxylic acid groups (broad SMARTS) is 1. The average molecular weight is 641 g/mol. The van der Waals surface area contributed by atoms with Crippen LogP contribution in [0.5, 0.6) is 0 Å². The molecule has 0 bridgehead atoms. The molecule has 0 saturated heterocycles. The minimum atomic E-state index is -0.698. The molecule has 0 saturated carbocycles. The van der Waals surface area contributed by atoms with Gasteiger partial charge in [-0.3, -0.25) is 9.59 Å². The number of hydrogen-bond donors (Lipinski definition) is 1. The maximum Gasteiger partial charge on any atom is 0.306 e. The summed E-state index contributed by atoms with van der Waals surface area (Å²) in [5.74, 6) is -0.708. The summed E-state index contributed by atoms with van der Waals surface area (Å²) in [4.78, 5) is 23.2. The SMILES string of the molecule is CC/C=C\C/C=C\C/C=C\C/C=C\C/C=C\CCCCCCCC(=O)OC(CCCCCCCC)CCCCCCCCC(=O)O. The molecule has 0 aromatic heterocycles. The van der Waals surface area contributed by atoms with E-state index in [-0.39, 0.29) is 18.5 Å². The van der Waals surface area contributed by atoms with E-state index in [9.17, 15) is 9.59 Å². The fourth-order valence-corrected chi connectivity index (χ4v) is 5.45. The van der Waals surface area contributed by atoms with Crippen LogP contribution in [-0.2, 0) is 14.3 Å². The zero-order chi connectivity index (χ0) is 33.6. The Morgan fingerprint density at radius 3 is 1.41 bits per heavy atom. The Morgan fingerprint density at radius 2 is 0.913 bits per heavy atom. The van der Waals surface area contributed by atoms with Crippen LogP contribution < -0.4 is 0 Å². The van der Waals surface area contributed by atoms with Gasteiger partial charge in [-0.1, -0.05) is 152 Å². The van der Waals surface area contributed by atoms with Crippen molar-refractivity contribution >= 4 is 11.9 Å². The molecule has 46 heavy (non-hydrogen) atoms. The lowest BCUT2D eigenvalue weighted by Gasteiger charge is -2.18. The molecule has 0 aromatic rings. The lowest BCUT2D eigenvalue weighted by atomic mass is 10.0. The van der Waals surface area contributed by atoms with E-state index < -0.39 is 5.97 Å². The third-order valence-corrected chi connectivity index (χ3v) is 8.25. The number of hydrogen-bond acceptors (Lipinski definition) is 3. The predicted molar refractivity (Wildman–Crippen MR) is 199 cm³/mol. The molecule has 0 amide bonds. The molecule has 0 aliphatic rings. The molecule has 0 spiro atoms. The highest BCUT2D eigenvalue weighted by molar-refractivity contribution is 5.69. The first kappa shape index (κ1) is 43.6. The molecule has 264 valence electrons. The van der Waals surface area contributed by atoms with Crippen LogP contribution in [0.4, 0.5) is 0 Å². The molecular weight excluding hydrogens is 568 g/mol. The highest BCUT2D eigenvalue weighted by Gasteiger charge is 2.14. The number of carbonyl (C=O) groups excluding carboxylic acids is 1. The van der Waals surface area contributed by atoms with E-state index in [0.29, 0.717) is 6.42 Å². The van der Waals surface area contributed by atoms with E-state index in [1.807, 2.05) is 0 Å². The van der Waals surface area contributed by atoms with Gasteiger partial charge in [0.2, 0.25) is 0 Å². The van der Waals surface area contributed by atoms with Crippen LogP contribution in [0.3, 0.4) is 0 Å². The van der Waals surface area contributed by atoms with E-state index in [2.05, 4.69) is 74.6 Å². The molecule has 1 unspecified atom stereocenters. The fraction of sp³-hybridized carbons (Fsp3) is 0.714. The summed E-state index contributed by atoms with van der Waals surface area (Å²) in [6.45, 7) is 4.41. The van der Waals surface area contributed by atoms with Gasteiger partial charge in [0.1, 0.15) is 6.10 Å². The summed E-state index contributed by atoms with van der Waals surface area (Å²) >= 11 is 0. The Morgan fingerprint density at radius 1 is 0.500 bits per heavy atom. The number of carbonyl (C=O) groups is 2. The number of carboxylic acids is 1. The van der Waals surface area contributed by atoms with Gasteiger partial charge in [0.25, 0.3) is 0 Å². The van der Waals surface area contributed by atoms with Crippen LogP contribution >= 0.6 is 0 Å². The van der Waals surface area contributed by atoms with Crippen molar-refractivity contribution in [3.05, 3.63) is 60.8 Å². The molecule has 4 nitrogen and oxygen atoms in total. The van der Waals surface area contributed by atoms with Crippen molar-refractivity contribution in [1.29, 1.82) is 0 Å². The minimum Gasteiger partial charge on any atom is -0.481 e. The molecule has 1 N–H and O–H groups in total. The summed E-state index contributed by atoms with van der Waals surface area (Å²) in [7, 11) is 0. The summed E-state index contributed by atoms with van der Waals surface area (Å²) in [5, 5.41) is 8.76. The first-order chi connectivity index (χ1) is 22.6. The number of allylic oxidation sites excluding steroid dienone is 10. The van der Waals surface area contributed by atoms with E-state index in [1.165, 1.54) is 51.4 Å². The second-order valence-electron chi connectivity index (χ2n) is 12.7. The van der Waals surface area contributed by atoms with Gasteiger partial charge < -0.3 is 9.84 Å². The third kappa shape index (κ3) is 36.1. The van der Waals surface area contributed by atoms with Gasteiger partial charge in [0.05, 0.1) is 0 Å². The summed E-state index contributed by atoms with van der Waals surface area (Å²) in [5.41, 5.74) is 0. The van der Waals surface area contributed by atoms with Gasteiger partial charge in [0.15, 0.2) is 0 Å². The molecule has 0 fully saturated rings. The van der Waals surface area contributed by atoms with Gasteiger partial charge in [-0.25, -0.2) is 0 Å². The Labute approximate surface area is 284 Å². The number of aliphatic carboxylic acids is 1. The normalized spacial score (nSPS) is 12.9. The zero-order valence-corrected chi connectivity index (χ0v) is 30.1. The Balaban J connectivity index is 3.94. The van der Waals surface area contributed by atoms with Crippen molar-refractivity contribution in [2.75, 3.05) is 0 Å². The van der Waals surface area contributed by atoms with Crippen molar-refractivity contribution in [2.24, 2.45) is 0 Å². The first-order valence-corrected chi connectivity index (χ1v) is 19.3. The number of ether oxygens (including phenoxy) is 1. The quantitative estimate of drug-likeness (QED) is 0.0432. The molecule has 0 aromatic carbocycles. The van der Waals surface area contributed by atoms with Crippen LogP contribution in [0, 0.1) is 0 Å². The van der Waals surface area contributed by atoms with Crippen molar-refractivity contribution in [3.8, 4) is 0 Å². The summed E-state index contributed by atoms with van der Waals surface area (Å²) < 4.78 is 5.97. The van der Waals surface area contributed by atoms with Gasteiger partial charge >= 0.3 is 11.9 Å². The van der Waals surface area contributed by atoms with E-state index in [1.54, 1.807) is 0 Å². The highest BCUT2D eigenvalue weighted by atomic mass is 16.5. The molecule has 1 atom stereocenters. The number of rotatable bonds is 34. The van der Waals surface area contributed by atoms with Crippen LogP contribution in [0.2, 0.25) is 0 Å². The van der Waals surface area contributed by atoms with E-state index in [0.717, 1.165) is 109 Å². The molecule has 0 heterocycles. The Hall–Kier alpha value is -2.36. The topological polar surface area (TPSA) is 63.6 Å². The fourth-order valence-electron chi connectivity index (χ4n) is 5.45. The van der Waals surface area contributed by atoms with Crippen molar-refractivity contribution < 1.29 is 19.4 Å². The van der Waals surface area contributed by atoms with Gasteiger partial charge in [0, 0.05) is 12.8 Å². The molecular formula is C42H72O4. The van der Waals surface area contributed by atoms with Gasteiger partial charge in [-0.2, -0.15) is 0 Å². The Kier molecular flexibility index (Phi) is 35.2. The van der Waals surface area contributed by atoms with E-state index >= 15 is 0 Å².